The standard InChI is InChI=1S/C18H19N3O2S2/c1-3-23-13(22)8-24-18-16-15(19-9-20-18)14-12-7-5-4-6-11(12)10(2)21-17(14)25-16/h9H,3-8H2,1-2H3. The van der Waals surface area contributed by atoms with Crippen LogP contribution in [0.25, 0.3) is 20.4 Å². The van der Waals surface area contributed by atoms with Gasteiger partial charge in [0.15, 0.2) is 0 Å². The van der Waals surface area contributed by atoms with E-state index >= 15 is 0 Å². The highest BCUT2D eigenvalue weighted by Crippen LogP contribution is 2.41. The minimum Gasteiger partial charge on any atom is -0.465 e. The summed E-state index contributed by atoms with van der Waals surface area (Å²) in [6.45, 7) is 4.32. The van der Waals surface area contributed by atoms with E-state index in [2.05, 4.69) is 16.9 Å². The number of thioether (sulfide) groups is 1. The van der Waals surface area contributed by atoms with Gasteiger partial charge in [0, 0.05) is 11.1 Å². The smallest absolute Gasteiger partial charge is 0.316 e. The van der Waals surface area contributed by atoms with Gasteiger partial charge < -0.3 is 4.74 Å². The van der Waals surface area contributed by atoms with Crippen LogP contribution in [0.2, 0.25) is 0 Å². The van der Waals surface area contributed by atoms with E-state index in [4.69, 9.17) is 9.72 Å². The molecule has 4 rings (SSSR count). The number of rotatable bonds is 4. The Hall–Kier alpha value is -1.73. The molecule has 0 fully saturated rings. The SMILES string of the molecule is CCOC(=O)CSc1ncnc2c1sc1nc(C)c3c(c12)CCCC3. The van der Waals surface area contributed by atoms with E-state index < -0.39 is 0 Å². The van der Waals surface area contributed by atoms with Crippen LogP contribution < -0.4 is 0 Å². The van der Waals surface area contributed by atoms with Crippen molar-refractivity contribution in [2.75, 3.05) is 12.4 Å². The third kappa shape index (κ3) is 3.00. The van der Waals surface area contributed by atoms with Crippen molar-refractivity contribution in [1.82, 2.24) is 15.0 Å². The maximum atomic E-state index is 11.7. The number of ether oxygens (including phenoxy) is 1. The third-order valence-corrected chi connectivity index (χ3v) is 6.70. The number of hydrogen-bond donors (Lipinski definition) is 0. The number of hydrogen-bond acceptors (Lipinski definition) is 7. The lowest BCUT2D eigenvalue weighted by Gasteiger charge is -2.18. The van der Waals surface area contributed by atoms with Gasteiger partial charge in [0.1, 0.15) is 16.2 Å². The molecule has 0 bridgehead atoms. The molecule has 0 amide bonds. The fraction of sp³-hybridized carbons (Fsp3) is 0.444. The first kappa shape index (κ1) is 16.7. The third-order valence-electron chi connectivity index (χ3n) is 4.53. The molecule has 0 aromatic carbocycles. The predicted molar refractivity (Wildman–Crippen MR) is 101 cm³/mol. The van der Waals surface area contributed by atoms with E-state index in [1.807, 2.05) is 6.92 Å². The molecule has 25 heavy (non-hydrogen) atoms. The van der Waals surface area contributed by atoms with Gasteiger partial charge >= 0.3 is 5.97 Å². The van der Waals surface area contributed by atoms with Crippen LogP contribution in [0.4, 0.5) is 0 Å². The molecule has 1 aliphatic rings. The van der Waals surface area contributed by atoms with Gasteiger partial charge in [-0.1, -0.05) is 11.8 Å². The second-order valence-corrected chi connectivity index (χ2v) is 8.06. The average Bonchev–Trinajstić information content (AvgIpc) is 2.99. The van der Waals surface area contributed by atoms with Crippen LogP contribution in [-0.4, -0.2) is 33.3 Å². The molecule has 1 aliphatic carbocycles. The maximum Gasteiger partial charge on any atom is 0.316 e. The molecule has 0 unspecified atom stereocenters. The Morgan fingerprint density at radius 1 is 1.28 bits per heavy atom. The number of aromatic nitrogens is 3. The predicted octanol–water partition coefficient (Wildman–Crippen LogP) is 4.08. The molecule has 0 radical (unpaired) electrons. The quantitative estimate of drug-likeness (QED) is 0.390. The zero-order valence-electron chi connectivity index (χ0n) is 14.3. The van der Waals surface area contributed by atoms with E-state index in [9.17, 15) is 4.79 Å². The Morgan fingerprint density at radius 3 is 2.88 bits per heavy atom. The van der Waals surface area contributed by atoms with Crippen molar-refractivity contribution >= 4 is 49.5 Å². The molecule has 3 heterocycles. The van der Waals surface area contributed by atoms with Crippen molar-refractivity contribution in [3.8, 4) is 0 Å². The lowest BCUT2D eigenvalue weighted by Crippen LogP contribution is -2.07. The van der Waals surface area contributed by atoms with Crippen LogP contribution in [0.5, 0.6) is 0 Å². The first-order valence-electron chi connectivity index (χ1n) is 8.53. The van der Waals surface area contributed by atoms with Gasteiger partial charge in [0.2, 0.25) is 0 Å². The van der Waals surface area contributed by atoms with Crippen molar-refractivity contribution in [1.29, 1.82) is 0 Å². The molecule has 130 valence electrons. The molecule has 0 spiro atoms. The average molecular weight is 374 g/mol. The highest BCUT2D eigenvalue weighted by Gasteiger charge is 2.22. The zero-order chi connectivity index (χ0) is 17.4. The molecule has 5 nitrogen and oxygen atoms in total. The summed E-state index contributed by atoms with van der Waals surface area (Å²) in [5, 5.41) is 2.03. The van der Waals surface area contributed by atoms with Crippen LogP contribution in [0, 0.1) is 6.92 Å². The van der Waals surface area contributed by atoms with Gasteiger partial charge in [0.05, 0.1) is 22.6 Å². The lowest BCUT2D eigenvalue weighted by atomic mass is 9.89. The number of nitrogens with zero attached hydrogens (tertiary/aromatic N) is 3. The first-order chi connectivity index (χ1) is 12.2. The first-order valence-corrected chi connectivity index (χ1v) is 10.3. The largest absolute Gasteiger partial charge is 0.465 e. The molecule has 7 heteroatoms. The molecular weight excluding hydrogens is 354 g/mol. The summed E-state index contributed by atoms with van der Waals surface area (Å²) in [5.74, 6) is 0.0467. The monoisotopic (exact) mass is 373 g/mol. The fourth-order valence-corrected chi connectivity index (χ4v) is 5.54. The van der Waals surface area contributed by atoms with Crippen LogP contribution in [0.1, 0.15) is 36.6 Å². The summed E-state index contributed by atoms with van der Waals surface area (Å²) in [7, 11) is 0. The Bertz CT molecular complexity index is 968. The second kappa shape index (κ2) is 6.88. The number of thiophene rings is 1. The normalized spacial score (nSPS) is 14.0. The topological polar surface area (TPSA) is 65.0 Å². The summed E-state index contributed by atoms with van der Waals surface area (Å²) in [5.41, 5.74) is 4.94. The van der Waals surface area contributed by atoms with Crippen molar-refractivity contribution in [3.05, 3.63) is 23.1 Å². The van der Waals surface area contributed by atoms with Crippen molar-refractivity contribution in [2.24, 2.45) is 0 Å². The molecular formula is C18H19N3O2S2. The van der Waals surface area contributed by atoms with Crippen molar-refractivity contribution in [3.63, 3.8) is 0 Å². The summed E-state index contributed by atoms with van der Waals surface area (Å²) in [6, 6.07) is 0. The molecule has 0 aliphatic heterocycles. The number of pyridine rings is 1. The van der Waals surface area contributed by atoms with E-state index in [1.165, 1.54) is 41.1 Å². The van der Waals surface area contributed by atoms with Crippen molar-refractivity contribution in [2.45, 2.75) is 44.6 Å². The van der Waals surface area contributed by atoms with Crippen molar-refractivity contribution < 1.29 is 9.53 Å². The summed E-state index contributed by atoms with van der Waals surface area (Å²) < 4.78 is 6.04. The minimum absolute atomic E-state index is 0.216. The molecule has 0 saturated carbocycles. The van der Waals surface area contributed by atoms with Gasteiger partial charge in [-0.15, -0.1) is 11.3 Å². The Kier molecular flexibility index (Phi) is 4.60. The minimum atomic E-state index is -0.216. The molecule has 3 aromatic rings. The number of carbonyl (C=O) groups is 1. The van der Waals surface area contributed by atoms with Crippen LogP contribution in [-0.2, 0) is 22.4 Å². The summed E-state index contributed by atoms with van der Waals surface area (Å²) in [4.78, 5) is 26.5. The number of carbonyl (C=O) groups excluding carboxylic acids is 1. The van der Waals surface area contributed by atoms with E-state index in [1.54, 1.807) is 17.7 Å². The summed E-state index contributed by atoms with van der Waals surface area (Å²) in [6.07, 6.45) is 6.25. The fourth-order valence-electron chi connectivity index (χ4n) is 3.46. The Labute approximate surface area is 154 Å². The Morgan fingerprint density at radius 2 is 2.08 bits per heavy atom. The molecule has 0 atom stereocenters. The number of esters is 1. The van der Waals surface area contributed by atoms with Gasteiger partial charge in [-0.3, -0.25) is 4.79 Å². The second-order valence-electron chi connectivity index (χ2n) is 6.09. The molecule has 3 aromatic heterocycles. The number of aryl methyl sites for hydroxylation is 2. The summed E-state index contributed by atoms with van der Waals surface area (Å²) >= 11 is 3.04. The highest BCUT2D eigenvalue weighted by atomic mass is 32.2. The van der Waals surface area contributed by atoms with Gasteiger partial charge in [-0.2, -0.15) is 0 Å². The number of fused-ring (bicyclic) bond motifs is 5. The van der Waals surface area contributed by atoms with Crippen LogP contribution >= 0.6 is 23.1 Å². The highest BCUT2D eigenvalue weighted by molar-refractivity contribution is 8.00. The van der Waals surface area contributed by atoms with Crippen LogP contribution in [0.3, 0.4) is 0 Å². The Balaban J connectivity index is 1.83. The van der Waals surface area contributed by atoms with Crippen LogP contribution in [0.15, 0.2) is 11.4 Å². The van der Waals surface area contributed by atoms with Gasteiger partial charge in [-0.25, -0.2) is 15.0 Å². The maximum absolute atomic E-state index is 11.7. The lowest BCUT2D eigenvalue weighted by molar-refractivity contribution is -0.139. The van der Waals surface area contributed by atoms with Gasteiger partial charge in [-0.05, 0) is 50.7 Å². The zero-order valence-corrected chi connectivity index (χ0v) is 15.9. The van der Waals surface area contributed by atoms with Gasteiger partial charge in [0.25, 0.3) is 0 Å². The van der Waals surface area contributed by atoms with E-state index in [-0.39, 0.29) is 11.7 Å². The molecule has 0 saturated heterocycles. The van der Waals surface area contributed by atoms with E-state index in [0.717, 1.165) is 38.6 Å². The molecule has 0 N–H and O–H groups in total. The van der Waals surface area contributed by atoms with E-state index in [0.29, 0.717) is 6.61 Å².